The van der Waals surface area contributed by atoms with Gasteiger partial charge in [0.2, 0.25) is 0 Å². The lowest BCUT2D eigenvalue weighted by atomic mass is 9.78. The molecule has 0 aromatic rings. The van der Waals surface area contributed by atoms with Gasteiger partial charge < -0.3 is 4.74 Å². The molecule has 0 aliphatic carbocycles. The van der Waals surface area contributed by atoms with Crippen molar-refractivity contribution in [3.63, 3.8) is 0 Å². The Bertz CT molecular complexity index is 125. The van der Waals surface area contributed by atoms with Gasteiger partial charge in [-0.1, -0.05) is 39.5 Å². The third-order valence-corrected chi connectivity index (χ3v) is 3.33. The highest BCUT2D eigenvalue weighted by Crippen LogP contribution is 2.35. The second kappa shape index (κ2) is 5.64. The summed E-state index contributed by atoms with van der Waals surface area (Å²) in [6.07, 6.45) is 9.57. The Labute approximate surface area is 82.9 Å². The van der Waals surface area contributed by atoms with Crippen LogP contribution in [0.4, 0.5) is 0 Å². The molecule has 0 saturated carbocycles. The molecule has 0 unspecified atom stereocenters. The lowest BCUT2D eigenvalue weighted by Gasteiger charge is -2.33. The molecule has 0 N–H and O–H groups in total. The van der Waals surface area contributed by atoms with Gasteiger partial charge in [0.25, 0.3) is 0 Å². The molecule has 1 aliphatic rings. The number of ether oxygens (including phenoxy) is 1. The van der Waals surface area contributed by atoms with Crippen LogP contribution in [0.15, 0.2) is 0 Å². The minimum atomic E-state index is 0.603. The van der Waals surface area contributed by atoms with E-state index in [0.717, 1.165) is 13.2 Å². The molecule has 0 spiro atoms. The maximum absolute atomic E-state index is 5.39. The van der Waals surface area contributed by atoms with Gasteiger partial charge in [0, 0.05) is 13.2 Å². The standard InChI is InChI=1S/C12H24O/c1-3-4-5-6-7-12(2)8-10-13-11-9-12/h3-11H2,1-2H3. The van der Waals surface area contributed by atoms with Crippen LogP contribution in [0.3, 0.4) is 0 Å². The van der Waals surface area contributed by atoms with Crippen molar-refractivity contribution in [2.75, 3.05) is 13.2 Å². The number of hydrogen-bond donors (Lipinski definition) is 0. The molecular weight excluding hydrogens is 160 g/mol. The first-order valence-electron chi connectivity index (χ1n) is 5.85. The zero-order chi connectivity index (χ0) is 9.57. The molecule has 0 radical (unpaired) electrons. The van der Waals surface area contributed by atoms with Crippen LogP contribution in [-0.2, 0) is 4.74 Å². The van der Waals surface area contributed by atoms with Crippen LogP contribution in [-0.4, -0.2) is 13.2 Å². The van der Waals surface area contributed by atoms with Crippen LogP contribution in [0.1, 0.15) is 58.8 Å². The summed E-state index contributed by atoms with van der Waals surface area (Å²) in [5.41, 5.74) is 0.603. The van der Waals surface area contributed by atoms with Gasteiger partial charge >= 0.3 is 0 Å². The lowest BCUT2D eigenvalue weighted by Crippen LogP contribution is -2.26. The number of unbranched alkanes of at least 4 members (excludes halogenated alkanes) is 3. The first kappa shape index (κ1) is 11.0. The van der Waals surface area contributed by atoms with Crippen molar-refractivity contribution >= 4 is 0 Å². The van der Waals surface area contributed by atoms with Crippen molar-refractivity contribution in [3.8, 4) is 0 Å². The van der Waals surface area contributed by atoms with E-state index in [1.54, 1.807) is 0 Å². The predicted octanol–water partition coefficient (Wildman–Crippen LogP) is 3.77. The Hall–Kier alpha value is -0.0400. The van der Waals surface area contributed by atoms with Crippen molar-refractivity contribution in [1.82, 2.24) is 0 Å². The van der Waals surface area contributed by atoms with Gasteiger partial charge in [0.05, 0.1) is 0 Å². The van der Waals surface area contributed by atoms with E-state index in [2.05, 4.69) is 13.8 Å². The molecule has 1 saturated heterocycles. The van der Waals surface area contributed by atoms with Gasteiger partial charge in [-0.3, -0.25) is 0 Å². The third kappa shape index (κ3) is 4.12. The fourth-order valence-electron chi connectivity index (χ4n) is 2.09. The van der Waals surface area contributed by atoms with E-state index in [4.69, 9.17) is 4.74 Å². The highest BCUT2D eigenvalue weighted by molar-refractivity contribution is 4.76. The lowest BCUT2D eigenvalue weighted by molar-refractivity contribution is 0.0186. The summed E-state index contributed by atoms with van der Waals surface area (Å²) in [4.78, 5) is 0. The first-order valence-corrected chi connectivity index (χ1v) is 5.85. The van der Waals surface area contributed by atoms with Gasteiger partial charge in [-0.25, -0.2) is 0 Å². The summed E-state index contributed by atoms with van der Waals surface area (Å²) in [6, 6.07) is 0. The maximum Gasteiger partial charge on any atom is 0.0471 e. The van der Waals surface area contributed by atoms with E-state index >= 15 is 0 Å². The topological polar surface area (TPSA) is 9.23 Å². The summed E-state index contributed by atoms with van der Waals surface area (Å²) in [7, 11) is 0. The van der Waals surface area contributed by atoms with Crippen molar-refractivity contribution < 1.29 is 4.74 Å². The van der Waals surface area contributed by atoms with Gasteiger partial charge in [-0.05, 0) is 24.7 Å². The van der Waals surface area contributed by atoms with E-state index in [0.29, 0.717) is 5.41 Å². The van der Waals surface area contributed by atoms with Crippen molar-refractivity contribution in [1.29, 1.82) is 0 Å². The van der Waals surface area contributed by atoms with Crippen LogP contribution in [0, 0.1) is 5.41 Å². The summed E-state index contributed by atoms with van der Waals surface area (Å²) in [6.45, 7) is 6.69. The predicted molar refractivity (Wildman–Crippen MR) is 56.9 cm³/mol. The maximum atomic E-state index is 5.39. The Morgan fingerprint density at radius 3 is 2.38 bits per heavy atom. The molecule has 1 aliphatic heterocycles. The molecule has 1 heteroatoms. The summed E-state index contributed by atoms with van der Waals surface area (Å²) >= 11 is 0. The SMILES string of the molecule is CCCCCCC1(C)CCOCC1. The fourth-order valence-corrected chi connectivity index (χ4v) is 2.09. The molecule has 1 fully saturated rings. The zero-order valence-electron chi connectivity index (χ0n) is 9.27. The first-order chi connectivity index (χ1) is 6.27. The van der Waals surface area contributed by atoms with E-state index in [1.165, 1.54) is 44.9 Å². The molecule has 1 rings (SSSR count). The second-order valence-electron chi connectivity index (χ2n) is 4.73. The summed E-state index contributed by atoms with van der Waals surface area (Å²) in [5.74, 6) is 0. The zero-order valence-corrected chi connectivity index (χ0v) is 9.27. The van der Waals surface area contributed by atoms with Crippen LogP contribution in [0.5, 0.6) is 0 Å². The Morgan fingerprint density at radius 2 is 1.77 bits per heavy atom. The summed E-state index contributed by atoms with van der Waals surface area (Å²) < 4.78 is 5.39. The van der Waals surface area contributed by atoms with Crippen LogP contribution >= 0.6 is 0 Å². The fraction of sp³-hybridized carbons (Fsp3) is 1.00. The highest BCUT2D eigenvalue weighted by Gasteiger charge is 2.26. The Morgan fingerprint density at radius 1 is 1.08 bits per heavy atom. The van der Waals surface area contributed by atoms with Crippen LogP contribution in [0.25, 0.3) is 0 Å². The average Bonchev–Trinajstić information content (AvgIpc) is 2.14. The summed E-state index contributed by atoms with van der Waals surface area (Å²) in [5, 5.41) is 0. The molecule has 0 bridgehead atoms. The van der Waals surface area contributed by atoms with Crippen molar-refractivity contribution in [3.05, 3.63) is 0 Å². The molecule has 1 nitrogen and oxygen atoms in total. The second-order valence-corrected chi connectivity index (χ2v) is 4.73. The molecule has 0 aromatic heterocycles. The smallest absolute Gasteiger partial charge is 0.0471 e. The van der Waals surface area contributed by atoms with Crippen molar-refractivity contribution in [2.45, 2.75) is 58.8 Å². The largest absolute Gasteiger partial charge is 0.381 e. The van der Waals surface area contributed by atoms with Gasteiger partial charge in [-0.15, -0.1) is 0 Å². The molecule has 1 heterocycles. The highest BCUT2D eigenvalue weighted by atomic mass is 16.5. The number of hydrogen-bond acceptors (Lipinski definition) is 1. The van der Waals surface area contributed by atoms with Crippen LogP contribution < -0.4 is 0 Å². The van der Waals surface area contributed by atoms with E-state index in [1.807, 2.05) is 0 Å². The molecule has 13 heavy (non-hydrogen) atoms. The quantitative estimate of drug-likeness (QED) is 0.591. The minimum absolute atomic E-state index is 0.603. The Balaban J connectivity index is 2.10. The van der Waals surface area contributed by atoms with Gasteiger partial charge in [0.1, 0.15) is 0 Å². The minimum Gasteiger partial charge on any atom is -0.381 e. The van der Waals surface area contributed by atoms with E-state index in [-0.39, 0.29) is 0 Å². The van der Waals surface area contributed by atoms with Gasteiger partial charge in [-0.2, -0.15) is 0 Å². The Kier molecular flexibility index (Phi) is 4.79. The van der Waals surface area contributed by atoms with Crippen molar-refractivity contribution in [2.24, 2.45) is 5.41 Å². The molecule has 0 aromatic carbocycles. The van der Waals surface area contributed by atoms with E-state index in [9.17, 15) is 0 Å². The average molecular weight is 184 g/mol. The molecule has 0 atom stereocenters. The number of rotatable bonds is 5. The molecule has 78 valence electrons. The van der Waals surface area contributed by atoms with Crippen LogP contribution in [0.2, 0.25) is 0 Å². The van der Waals surface area contributed by atoms with E-state index < -0.39 is 0 Å². The molecular formula is C12H24O. The normalized spacial score (nSPS) is 21.7. The third-order valence-electron chi connectivity index (χ3n) is 3.33. The monoisotopic (exact) mass is 184 g/mol. The van der Waals surface area contributed by atoms with Gasteiger partial charge in [0.15, 0.2) is 0 Å². The molecule has 0 amide bonds.